The molecular weight excluding hydrogens is 252 g/mol. The second kappa shape index (κ2) is 7.40. The molecule has 0 spiro atoms. The summed E-state index contributed by atoms with van der Waals surface area (Å²) in [6.45, 7) is 3.00. The van der Waals surface area contributed by atoms with Crippen LogP contribution in [-0.4, -0.2) is 24.1 Å². The standard InChI is InChI=1S/C16H18N2O2/c1-2-20-11-9-16(19)18-15-7-5-13(6-8-15)14-4-3-10-17-12-14/h3-8,10,12H,2,9,11H2,1H3,(H,18,19). The number of pyridine rings is 1. The Hall–Kier alpha value is -2.20. The van der Waals surface area contributed by atoms with Gasteiger partial charge >= 0.3 is 0 Å². The minimum atomic E-state index is -0.0347. The Morgan fingerprint density at radius 3 is 2.65 bits per heavy atom. The highest BCUT2D eigenvalue weighted by Gasteiger charge is 2.03. The number of benzene rings is 1. The molecule has 4 heteroatoms. The van der Waals surface area contributed by atoms with Gasteiger partial charge in [0.05, 0.1) is 13.0 Å². The van der Waals surface area contributed by atoms with E-state index in [-0.39, 0.29) is 5.91 Å². The van der Waals surface area contributed by atoms with Crippen molar-refractivity contribution in [3.8, 4) is 11.1 Å². The Bertz CT molecular complexity index is 538. The molecule has 0 bridgehead atoms. The highest BCUT2D eigenvalue weighted by atomic mass is 16.5. The first kappa shape index (κ1) is 14.2. The molecule has 104 valence electrons. The van der Waals surface area contributed by atoms with Crippen molar-refractivity contribution in [2.75, 3.05) is 18.5 Å². The molecule has 0 aliphatic rings. The summed E-state index contributed by atoms with van der Waals surface area (Å²) in [6, 6.07) is 11.6. The Morgan fingerprint density at radius 2 is 2.00 bits per heavy atom. The third-order valence-corrected chi connectivity index (χ3v) is 2.84. The van der Waals surface area contributed by atoms with E-state index in [1.807, 2.05) is 49.5 Å². The lowest BCUT2D eigenvalue weighted by Gasteiger charge is -2.06. The zero-order valence-corrected chi connectivity index (χ0v) is 11.5. The molecule has 0 fully saturated rings. The maximum absolute atomic E-state index is 11.6. The van der Waals surface area contributed by atoms with Gasteiger partial charge in [-0.05, 0) is 36.2 Å². The van der Waals surface area contributed by atoms with Gasteiger partial charge in [0, 0.05) is 24.7 Å². The van der Waals surface area contributed by atoms with Crippen molar-refractivity contribution in [3.63, 3.8) is 0 Å². The van der Waals surface area contributed by atoms with E-state index in [4.69, 9.17) is 4.74 Å². The third kappa shape index (κ3) is 4.17. The number of carbonyl (C=O) groups is 1. The predicted molar refractivity (Wildman–Crippen MR) is 79.4 cm³/mol. The van der Waals surface area contributed by atoms with Gasteiger partial charge in [0.15, 0.2) is 0 Å². The summed E-state index contributed by atoms with van der Waals surface area (Å²) in [5, 5.41) is 2.84. The van der Waals surface area contributed by atoms with E-state index >= 15 is 0 Å². The van der Waals surface area contributed by atoms with Crippen LogP contribution in [0.5, 0.6) is 0 Å². The highest BCUT2D eigenvalue weighted by molar-refractivity contribution is 5.91. The zero-order chi connectivity index (χ0) is 14.2. The highest BCUT2D eigenvalue weighted by Crippen LogP contribution is 2.20. The van der Waals surface area contributed by atoms with E-state index < -0.39 is 0 Å². The van der Waals surface area contributed by atoms with Crippen LogP contribution in [0.2, 0.25) is 0 Å². The van der Waals surface area contributed by atoms with Gasteiger partial charge in [-0.1, -0.05) is 18.2 Å². The smallest absolute Gasteiger partial charge is 0.226 e. The van der Waals surface area contributed by atoms with Gasteiger partial charge in [-0.15, -0.1) is 0 Å². The number of ether oxygens (including phenoxy) is 1. The van der Waals surface area contributed by atoms with E-state index in [2.05, 4.69) is 10.3 Å². The molecule has 1 aromatic carbocycles. The molecule has 0 unspecified atom stereocenters. The van der Waals surface area contributed by atoms with Gasteiger partial charge in [-0.2, -0.15) is 0 Å². The van der Waals surface area contributed by atoms with E-state index in [1.54, 1.807) is 6.20 Å². The van der Waals surface area contributed by atoms with Crippen molar-refractivity contribution in [1.29, 1.82) is 0 Å². The Balaban J connectivity index is 1.93. The third-order valence-electron chi connectivity index (χ3n) is 2.84. The molecule has 2 aromatic rings. The summed E-state index contributed by atoms with van der Waals surface area (Å²) < 4.78 is 5.15. The van der Waals surface area contributed by atoms with Gasteiger partial charge in [0.25, 0.3) is 0 Å². The van der Waals surface area contributed by atoms with E-state index in [9.17, 15) is 4.79 Å². The molecule has 0 aliphatic carbocycles. The second-order valence-corrected chi connectivity index (χ2v) is 4.31. The molecule has 1 N–H and O–H groups in total. The number of nitrogens with one attached hydrogen (secondary N) is 1. The fraction of sp³-hybridized carbons (Fsp3) is 0.250. The van der Waals surface area contributed by atoms with Crippen LogP contribution in [0.1, 0.15) is 13.3 Å². The number of amides is 1. The molecule has 20 heavy (non-hydrogen) atoms. The number of aromatic nitrogens is 1. The average Bonchev–Trinajstić information content (AvgIpc) is 2.49. The maximum atomic E-state index is 11.6. The molecule has 0 saturated carbocycles. The van der Waals surface area contributed by atoms with Gasteiger partial charge in [0.2, 0.25) is 5.91 Å². The average molecular weight is 270 g/mol. The summed E-state index contributed by atoms with van der Waals surface area (Å²) in [7, 11) is 0. The van der Waals surface area contributed by atoms with Gasteiger partial charge in [-0.3, -0.25) is 9.78 Å². The normalized spacial score (nSPS) is 10.2. The molecule has 0 saturated heterocycles. The quantitative estimate of drug-likeness (QED) is 0.820. The summed E-state index contributed by atoms with van der Waals surface area (Å²) in [6.07, 6.45) is 3.93. The van der Waals surface area contributed by atoms with E-state index in [0.29, 0.717) is 19.6 Å². The zero-order valence-electron chi connectivity index (χ0n) is 11.5. The van der Waals surface area contributed by atoms with Gasteiger partial charge in [0.1, 0.15) is 0 Å². The summed E-state index contributed by atoms with van der Waals surface area (Å²) in [4.78, 5) is 15.7. The summed E-state index contributed by atoms with van der Waals surface area (Å²) in [5.74, 6) is -0.0347. The van der Waals surface area contributed by atoms with E-state index in [0.717, 1.165) is 16.8 Å². The first-order chi connectivity index (χ1) is 9.79. The first-order valence-electron chi connectivity index (χ1n) is 6.67. The van der Waals surface area contributed by atoms with Crippen LogP contribution in [0, 0.1) is 0 Å². The lowest BCUT2D eigenvalue weighted by Crippen LogP contribution is -2.14. The number of anilines is 1. The lowest BCUT2D eigenvalue weighted by atomic mass is 10.1. The number of rotatable bonds is 6. The number of hydrogen-bond acceptors (Lipinski definition) is 3. The molecule has 0 atom stereocenters. The van der Waals surface area contributed by atoms with Crippen LogP contribution < -0.4 is 5.32 Å². The SMILES string of the molecule is CCOCCC(=O)Nc1ccc(-c2cccnc2)cc1. The number of nitrogens with zero attached hydrogens (tertiary/aromatic N) is 1. The fourth-order valence-electron chi connectivity index (χ4n) is 1.81. The van der Waals surface area contributed by atoms with Crippen molar-refractivity contribution in [2.24, 2.45) is 0 Å². The monoisotopic (exact) mass is 270 g/mol. The number of carbonyl (C=O) groups excluding carboxylic acids is 1. The minimum Gasteiger partial charge on any atom is -0.381 e. The molecule has 1 amide bonds. The summed E-state index contributed by atoms with van der Waals surface area (Å²) >= 11 is 0. The van der Waals surface area contributed by atoms with Gasteiger partial charge < -0.3 is 10.1 Å². The van der Waals surface area contributed by atoms with Crippen LogP contribution in [0.25, 0.3) is 11.1 Å². The molecule has 0 radical (unpaired) electrons. The van der Waals surface area contributed by atoms with Crippen molar-refractivity contribution in [2.45, 2.75) is 13.3 Å². The van der Waals surface area contributed by atoms with Crippen LogP contribution in [0.4, 0.5) is 5.69 Å². The van der Waals surface area contributed by atoms with Crippen molar-refractivity contribution in [1.82, 2.24) is 4.98 Å². The summed E-state index contributed by atoms with van der Waals surface area (Å²) in [5.41, 5.74) is 2.92. The Kier molecular flexibility index (Phi) is 5.26. The first-order valence-corrected chi connectivity index (χ1v) is 6.67. The van der Waals surface area contributed by atoms with Crippen molar-refractivity contribution in [3.05, 3.63) is 48.8 Å². The van der Waals surface area contributed by atoms with Crippen LogP contribution in [0.3, 0.4) is 0 Å². The molecule has 0 aliphatic heterocycles. The molecular formula is C16H18N2O2. The largest absolute Gasteiger partial charge is 0.381 e. The van der Waals surface area contributed by atoms with Crippen molar-refractivity contribution < 1.29 is 9.53 Å². The Labute approximate surface area is 118 Å². The molecule has 1 aromatic heterocycles. The second-order valence-electron chi connectivity index (χ2n) is 4.31. The minimum absolute atomic E-state index is 0.0347. The molecule has 2 rings (SSSR count). The van der Waals surface area contributed by atoms with Crippen LogP contribution in [0.15, 0.2) is 48.8 Å². The van der Waals surface area contributed by atoms with E-state index in [1.165, 1.54) is 0 Å². The Morgan fingerprint density at radius 1 is 1.20 bits per heavy atom. The molecule has 4 nitrogen and oxygen atoms in total. The topological polar surface area (TPSA) is 51.2 Å². The fourth-order valence-corrected chi connectivity index (χ4v) is 1.81. The lowest BCUT2D eigenvalue weighted by molar-refractivity contribution is -0.117. The van der Waals surface area contributed by atoms with Crippen LogP contribution >= 0.6 is 0 Å². The van der Waals surface area contributed by atoms with Gasteiger partial charge in [-0.25, -0.2) is 0 Å². The predicted octanol–water partition coefficient (Wildman–Crippen LogP) is 3.11. The number of hydrogen-bond donors (Lipinski definition) is 1. The van der Waals surface area contributed by atoms with Crippen LogP contribution in [-0.2, 0) is 9.53 Å². The maximum Gasteiger partial charge on any atom is 0.226 e. The molecule has 1 heterocycles. The van der Waals surface area contributed by atoms with Crippen molar-refractivity contribution >= 4 is 11.6 Å².